The van der Waals surface area contributed by atoms with Gasteiger partial charge in [0.05, 0.1) is 6.10 Å². The Kier molecular flexibility index (Phi) is 3.96. The zero-order chi connectivity index (χ0) is 10.6. The number of phenols is 1. The molecule has 2 atom stereocenters. The van der Waals surface area contributed by atoms with Crippen LogP contribution in [0.3, 0.4) is 0 Å². The van der Waals surface area contributed by atoms with Gasteiger partial charge in [-0.15, -0.1) is 0 Å². The van der Waals surface area contributed by atoms with Crippen molar-refractivity contribution in [2.45, 2.75) is 32.8 Å². The molecule has 0 amide bonds. The fraction of sp³-hybridized carbons (Fsp3) is 0.500. The lowest BCUT2D eigenvalue weighted by atomic mass is 9.92. The molecule has 0 aliphatic heterocycles. The summed E-state index contributed by atoms with van der Waals surface area (Å²) >= 11 is 0. The van der Waals surface area contributed by atoms with Gasteiger partial charge in [0.2, 0.25) is 0 Å². The summed E-state index contributed by atoms with van der Waals surface area (Å²) in [6, 6.07) is 7.18. The quantitative estimate of drug-likeness (QED) is 0.772. The second kappa shape index (κ2) is 5.01. The lowest BCUT2D eigenvalue weighted by Gasteiger charge is -2.17. The molecule has 0 saturated heterocycles. The molecule has 0 fully saturated rings. The number of aliphatic hydroxyl groups excluding tert-OH is 1. The van der Waals surface area contributed by atoms with Crippen LogP contribution < -0.4 is 0 Å². The number of aromatic hydroxyl groups is 1. The van der Waals surface area contributed by atoms with Crippen molar-refractivity contribution < 1.29 is 10.2 Å². The van der Waals surface area contributed by atoms with E-state index in [-0.39, 0.29) is 6.10 Å². The lowest BCUT2D eigenvalue weighted by Crippen LogP contribution is -2.18. The van der Waals surface area contributed by atoms with E-state index in [2.05, 4.69) is 6.92 Å². The van der Waals surface area contributed by atoms with Gasteiger partial charge in [-0.25, -0.2) is 0 Å². The number of phenolic OH excluding ortho intramolecular Hbond substituents is 1. The molecule has 0 radical (unpaired) electrons. The second-order valence-corrected chi connectivity index (χ2v) is 3.78. The Bertz CT molecular complexity index is 264. The molecule has 0 heterocycles. The Morgan fingerprint density at radius 1 is 1.21 bits per heavy atom. The molecule has 14 heavy (non-hydrogen) atoms. The van der Waals surface area contributed by atoms with Gasteiger partial charge in [0.15, 0.2) is 0 Å². The third-order valence-corrected chi connectivity index (χ3v) is 2.64. The molecule has 0 aromatic heterocycles. The molecule has 2 unspecified atom stereocenters. The predicted octanol–water partition coefficient (Wildman–Crippen LogP) is 2.34. The fourth-order valence-corrected chi connectivity index (χ4v) is 1.59. The summed E-state index contributed by atoms with van der Waals surface area (Å²) in [5.74, 6) is 0.596. The first-order chi connectivity index (χ1) is 6.63. The molecule has 0 bridgehead atoms. The van der Waals surface area contributed by atoms with Crippen LogP contribution in [0.15, 0.2) is 24.3 Å². The first-order valence-electron chi connectivity index (χ1n) is 5.09. The number of hydrogen-bond donors (Lipinski definition) is 2. The molecule has 0 spiro atoms. The Labute approximate surface area is 85.2 Å². The highest BCUT2D eigenvalue weighted by atomic mass is 16.3. The molecule has 0 saturated carbocycles. The third-order valence-electron chi connectivity index (χ3n) is 2.64. The Morgan fingerprint density at radius 2 is 1.79 bits per heavy atom. The van der Waals surface area contributed by atoms with Gasteiger partial charge in [-0.3, -0.25) is 0 Å². The van der Waals surface area contributed by atoms with Crippen LogP contribution in [0.4, 0.5) is 0 Å². The molecule has 2 nitrogen and oxygen atoms in total. The van der Waals surface area contributed by atoms with Crippen LogP contribution in [0, 0.1) is 5.92 Å². The normalized spacial score (nSPS) is 15.1. The van der Waals surface area contributed by atoms with E-state index >= 15 is 0 Å². The number of rotatable bonds is 4. The van der Waals surface area contributed by atoms with Gasteiger partial charge in [0, 0.05) is 0 Å². The fourth-order valence-electron chi connectivity index (χ4n) is 1.59. The van der Waals surface area contributed by atoms with Crippen molar-refractivity contribution in [1.82, 2.24) is 0 Å². The Morgan fingerprint density at radius 3 is 2.21 bits per heavy atom. The number of benzene rings is 1. The second-order valence-electron chi connectivity index (χ2n) is 3.78. The van der Waals surface area contributed by atoms with Crippen LogP contribution in [-0.2, 0) is 6.42 Å². The minimum atomic E-state index is -0.270. The zero-order valence-electron chi connectivity index (χ0n) is 8.77. The molecule has 78 valence electrons. The monoisotopic (exact) mass is 194 g/mol. The highest BCUT2D eigenvalue weighted by Gasteiger charge is 2.12. The number of aliphatic hydroxyl groups is 1. The Balaban J connectivity index is 2.63. The summed E-state index contributed by atoms with van der Waals surface area (Å²) in [7, 11) is 0. The third kappa shape index (κ3) is 3.04. The molecule has 2 N–H and O–H groups in total. The lowest BCUT2D eigenvalue weighted by molar-refractivity contribution is 0.123. The maximum absolute atomic E-state index is 9.48. The van der Waals surface area contributed by atoms with Gasteiger partial charge in [-0.2, -0.15) is 0 Å². The highest BCUT2D eigenvalue weighted by molar-refractivity contribution is 5.26. The molecule has 1 aromatic rings. The van der Waals surface area contributed by atoms with Gasteiger partial charge < -0.3 is 10.2 Å². The summed E-state index contributed by atoms with van der Waals surface area (Å²) in [4.78, 5) is 0. The SMILES string of the molecule is CCC(Cc1ccc(O)cc1)C(C)O. The molecule has 0 aliphatic rings. The summed E-state index contributed by atoms with van der Waals surface area (Å²) in [6.07, 6.45) is 1.57. The molecular formula is C12H18O2. The summed E-state index contributed by atoms with van der Waals surface area (Å²) in [5, 5.41) is 18.6. The summed E-state index contributed by atoms with van der Waals surface area (Å²) in [5.41, 5.74) is 1.16. The van der Waals surface area contributed by atoms with Crippen molar-refractivity contribution in [3.63, 3.8) is 0 Å². The first kappa shape index (κ1) is 11.1. The van der Waals surface area contributed by atoms with E-state index < -0.39 is 0 Å². The van der Waals surface area contributed by atoms with Crippen LogP contribution in [0.2, 0.25) is 0 Å². The maximum Gasteiger partial charge on any atom is 0.115 e. The van der Waals surface area contributed by atoms with Gasteiger partial charge in [0.25, 0.3) is 0 Å². The predicted molar refractivity (Wildman–Crippen MR) is 57.3 cm³/mol. The molecule has 1 aromatic carbocycles. The van der Waals surface area contributed by atoms with Crippen molar-refractivity contribution in [2.24, 2.45) is 5.92 Å². The van der Waals surface area contributed by atoms with E-state index in [0.29, 0.717) is 11.7 Å². The summed E-state index contributed by atoms with van der Waals surface area (Å²) < 4.78 is 0. The smallest absolute Gasteiger partial charge is 0.115 e. The highest BCUT2D eigenvalue weighted by Crippen LogP contribution is 2.18. The van der Waals surface area contributed by atoms with Crippen LogP contribution in [-0.4, -0.2) is 16.3 Å². The van der Waals surface area contributed by atoms with Gasteiger partial charge in [-0.1, -0.05) is 25.5 Å². The minimum Gasteiger partial charge on any atom is -0.508 e. The molecule has 2 heteroatoms. The average Bonchev–Trinajstić information content (AvgIpc) is 2.16. The van der Waals surface area contributed by atoms with E-state index in [1.54, 1.807) is 12.1 Å². The molecule has 0 aliphatic carbocycles. The number of hydrogen-bond acceptors (Lipinski definition) is 2. The van der Waals surface area contributed by atoms with Crippen molar-refractivity contribution >= 4 is 0 Å². The van der Waals surface area contributed by atoms with Crippen LogP contribution >= 0.6 is 0 Å². The van der Waals surface area contributed by atoms with E-state index in [9.17, 15) is 5.11 Å². The van der Waals surface area contributed by atoms with Crippen molar-refractivity contribution in [3.8, 4) is 5.75 Å². The van der Waals surface area contributed by atoms with E-state index in [1.165, 1.54) is 0 Å². The van der Waals surface area contributed by atoms with Crippen LogP contribution in [0.25, 0.3) is 0 Å². The summed E-state index contributed by atoms with van der Waals surface area (Å²) in [6.45, 7) is 3.91. The van der Waals surface area contributed by atoms with Gasteiger partial charge in [0.1, 0.15) is 5.75 Å². The minimum absolute atomic E-state index is 0.270. The van der Waals surface area contributed by atoms with E-state index in [4.69, 9.17) is 5.11 Å². The van der Waals surface area contributed by atoms with Gasteiger partial charge >= 0.3 is 0 Å². The molecular weight excluding hydrogens is 176 g/mol. The van der Waals surface area contributed by atoms with E-state index in [1.807, 2.05) is 19.1 Å². The van der Waals surface area contributed by atoms with Crippen LogP contribution in [0.5, 0.6) is 5.75 Å². The standard InChI is InChI=1S/C12H18O2/c1-3-11(9(2)13)8-10-4-6-12(14)7-5-10/h4-7,9,11,13-14H,3,8H2,1-2H3. The zero-order valence-corrected chi connectivity index (χ0v) is 8.77. The van der Waals surface area contributed by atoms with Crippen LogP contribution in [0.1, 0.15) is 25.8 Å². The van der Waals surface area contributed by atoms with E-state index in [0.717, 1.165) is 18.4 Å². The average molecular weight is 194 g/mol. The maximum atomic E-state index is 9.48. The largest absolute Gasteiger partial charge is 0.508 e. The van der Waals surface area contributed by atoms with Gasteiger partial charge in [-0.05, 0) is 37.0 Å². The topological polar surface area (TPSA) is 40.5 Å². The van der Waals surface area contributed by atoms with Crippen molar-refractivity contribution in [2.75, 3.05) is 0 Å². The Hall–Kier alpha value is -1.02. The first-order valence-corrected chi connectivity index (χ1v) is 5.09. The van der Waals surface area contributed by atoms with Crippen molar-refractivity contribution in [1.29, 1.82) is 0 Å². The molecule has 1 rings (SSSR count). The van der Waals surface area contributed by atoms with Crippen molar-refractivity contribution in [3.05, 3.63) is 29.8 Å².